The van der Waals surface area contributed by atoms with Gasteiger partial charge in [-0.25, -0.2) is 4.39 Å². The molecule has 0 aliphatic heterocycles. The summed E-state index contributed by atoms with van der Waals surface area (Å²) in [5.41, 5.74) is 1.99. The fraction of sp³-hybridized carbons (Fsp3) is 0.0870. The summed E-state index contributed by atoms with van der Waals surface area (Å²) < 4.78 is 20.5. The van der Waals surface area contributed by atoms with Gasteiger partial charge in [0.1, 0.15) is 11.6 Å². The van der Waals surface area contributed by atoms with Gasteiger partial charge in [0.25, 0.3) is 0 Å². The zero-order valence-corrected chi connectivity index (χ0v) is 19.6. The van der Waals surface area contributed by atoms with Gasteiger partial charge in [0, 0.05) is 22.0 Å². The summed E-state index contributed by atoms with van der Waals surface area (Å²) in [6.45, 7) is 0. The number of anilines is 1. The molecule has 0 saturated carbocycles. The zero-order valence-electron chi connectivity index (χ0n) is 17.3. The minimum Gasteiger partial charge on any atom is -0.497 e. The zero-order chi connectivity index (χ0) is 23.4. The molecule has 0 bridgehead atoms. The van der Waals surface area contributed by atoms with E-state index < -0.39 is 5.82 Å². The van der Waals surface area contributed by atoms with Crippen LogP contribution < -0.4 is 10.1 Å². The molecule has 33 heavy (non-hydrogen) atoms. The molecule has 168 valence electrons. The van der Waals surface area contributed by atoms with Gasteiger partial charge in [-0.1, -0.05) is 47.1 Å². The van der Waals surface area contributed by atoms with Gasteiger partial charge in [-0.3, -0.25) is 9.36 Å². The Morgan fingerprint density at radius 3 is 2.61 bits per heavy atom. The summed E-state index contributed by atoms with van der Waals surface area (Å²) >= 11 is 13.1. The Kier molecular flexibility index (Phi) is 7.17. The van der Waals surface area contributed by atoms with Crippen LogP contribution in [0, 0.1) is 5.82 Å². The van der Waals surface area contributed by atoms with Gasteiger partial charge < -0.3 is 10.1 Å². The minimum absolute atomic E-state index is 0.0544. The monoisotopic (exact) mass is 502 g/mol. The van der Waals surface area contributed by atoms with Crippen molar-refractivity contribution in [1.82, 2.24) is 14.8 Å². The second-order valence-electron chi connectivity index (χ2n) is 6.82. The molecule has 3 aromatic carbocycles. The van der Waals surface area contributed by atoms with E-state index in [0.29, 0.717) is 27.4 Å². The van der Waals surface area contributed by atoms with Crippen molar-refractivity contribution >= 4 is 46.6 Å². The second kappa shape index (κ2) is 10.2. The Labute approximate surface area is 203 Å². The van der Waals surface area contributed by atoms with E-state index in [1.165, 1.54) is 30.0 Å². The maximum atomic E-state index is 13.3. The quantitative estimate of drug-likeness (QED) is 0.308. The van der Waals surface area contributed by atoms with E-state index >= 15 is 0 Å². The second-order valence-corrected chi connectivity index (χ2v) is 8.60. The van der Waals surface area contributed by atoms with Gasteiger partial charge in [0.15, 0.2) is 11.0 Å². The number of nitrogens with zero attached hydrogens (tertiary/aromatic N) is 3. The van der Waals surface area contributed by atoms with Gasteiger partial charge in [0.2, 0.25) is 5.91 Å². The smallest absolute Gasteiger partial charge is 0.234 e. The van der Waals surface area contributed by atoms with Crippen LogP contribution in [0.1, 0.15) is 0 Å². The van der Waals surface area contributed by atoms with Crippen molar-refractivity contribution in [2.24, 2.45) is 0 Å². The van der Waals surface area contributed by atoms with Crippen molar-refractivity contribution in [2.45, 2.75) is 5.16 Å². The van der Waals surface area contributed by atoms with Gasteiger partial charge in [-0.05, 0) is 54.6 Å². The van der Waals surface area contributed by atoms with Crippen LogP contribution in [-0.4, -0.2) is 33.5 Å². The number of rotatable bonds is 7. The lowest BCUT2D eigenvalue weighted by atomic mass is 10.2. The van der Waals surface area contributed by atoms with Crippen molar-refractivity contribution in [1.29, 1.82) is 0 Å². The predicted octanol–water partition coefficient (Wildman–Crippen LogP) is 6.12. The molecule has 0 radical (unpaired) electrons. The number of carbonyl (C=O) groups excluding carboxylic acids is 1. The highest BCUT2D eigenvalue weighted by Gasteiger charge is 2.18. The molecule has 1 N–H and O–H groups in total. The summed E-state index contributed by atoms with van der Waals surface area (Å²) in [6, 6.07) is 18.7. The Morgan fingerprint density at radius 1 is 1.09 bits per heavy atom. The Bertz CT molecular complexity index is 1300. The van der Waals surface area contributed by atoms with Gasteiger partial charge in [-0.2, -0.15) is 0 Å². The maximum Gasteiger partial charge on any atom is 0.234 e. The van der Waals surface area contributed by atoms with Crippen LogP contribution in [0.25, 0.3) is 17.1 Å². The first-order chi connectivity index (χ1) is 15.9. The normalized spacial score (nSPS) is 10.8. The lowest BCUT2D eigenvalue weighted by Crippen LogP contribution is -2.14. The molecule has 1 heterocycles. The molecule has 0 aliphatic rings. The molecule has 0 unspecified atom stereocenters. The molecular formula is C23H17Cl2FN4O2S. The average molecular weight is 503 g/mol. The number of hydrogen-bond acceptors (Lipinski definition) is 5. The highest BCUT2D eigenvalue weighted by Crippen LogP contribution is 2.30. The topological polar surface area (TPSA) is 69.0 Å². The average Bonchev–Trinajstić information content (AvgIpc) is 3.24. The van der Waals surface area contributed by atoms with Crippen LogP contribution in [0.5, 0.6) is 5.75 Å². The number of amides is 1. The van der Waals surface area contributed by atoms with Crippen LogP contribution >= 0.6 is 35.0 Å². The number of benzene rings is 3. The standard InChI is InChI=1S/C23H17Cl2FN4O2S/c1-32-18-4-2-3-14(11-18)22-28-29-23(30(22)17-8-5-15(24)6-9-17)33-13-21(31)27-16-7-10-20(26)19(25)12-16/h2-12H,13H2,1H3,(H,27,31). The number of carbonyl (C=O) groups is 1. The van der Waals surface area contributed by atoms with Crippen LogP contribution in [-0.2, 0) is 4.79 Å². The van der Waals surface area contributed by atoms with E-state index in [1.54, 1.807) is 19.2 Å². The first-order valence-corrected chi connectivity index (χ1v) is 11.4. The van der Waals surface area contributed by atoms with E-state index in [0.717, 1.165) is 11.3 Å². The summed E-state index contributed by atoms with van der Waals surface area (Å²) in [7, 11) is 1.59. The summed E-state index contributed by atoms with van der Waals surface area (Å²) in [4.78, 5) is 12.5. The number of halogens is 3. The van der Waals surface area contributed by atoms with Crippen LogP contribution in [0.3, 0.4) is 0 Å². The van der Waals surface area contributed by atoms with Crippen molar-refractivity contribution in [3.05, 3.63) is 82.6 Å². The van der Waals surface area contributed by atoms with Crippen molar-refractivity contribution < 1.29 is 13.9 Å². The maximum absolute atomic E-state index is 13.3. The third-order valence-electron chi connectivity index (χ3n) is 4.58. The molecule has 4 rings (SSSR count). The van der Waals surface area contributed by atoms with E-state index in [4.69, 9.17) is 27.9 Å². The number of nitrogens with one attached hydrogen (secondary N) is 1. The van der Waals surface area contributed by atoms with E-state index in [1.807, 2.05) is 41.0 Å². The van der Waals surface area contributed by atoms with Crippen molar-refractivity contribution in [3.63, 3.8) is 0 Å². The lowest BCUT2D eigenvalue weighted by Gasteiger charge is -2.11. The highest BCUT2D eigenvalue weighted by molar-refractivity contribution is 7.99. The number of ether oxygens (including phenoxy) is 1. The van der Waals surface area contributed by atoms with Gasteiger partial charge in [0.05, 0.1) is 17.9 Å². The molecule has 1 amide bonds. The van der Waals surface area contributed by atoms with E-state index in [-0.39, 0.29) is 16.7 Å². The molecular weight excluding hydrogens is 486 g/mol. The molecule has 4 aromatic rings. The molecule has 1 aromatic heterocycles. The summed E-state index contributed by atoms with van der Waals surface area (Å²) in [5, 5.41) is 12.4. The number of aromatic nitrogens is 3. The molecule has 0 saturated heterocycles. The van der Waals surface area contributed by atoms with Crippen molar-refractivity contribution in [3.8, 4) is 22.8 Å². The number of methoxy groups -OCH3 is 1. The molecule has 0 aliphatic carbocycles. The number of thioether (sulfide) groups is 1. The summed E-state index contributed by atoms with van der Waals surface area (Å²) in [6.07, 6.45) is 0. The van der Waals surface area contributed by atoms with Crippen molar-refractivity contribution in [2.75, 3.05) is 18.2 Å². The Hall–Kier alpha value is -3.07. The van der Waals surface area contributed by atoms with Crippen LogP contribution in [0.15, 0.2) is 71.9 Å². The van der Waals surface area contributed by atoms with Gasteiger partial charge >= 0.3 is 0 Å². The lowest BCUT2D eigenvalue weighted by molar-refractivity contribution is -0.113. The SMILES string of the molecule is COc1cccc(-c2nnc(SCC(=O)Nc3ccc(F)c(Cl)c3)n2-c2ccc(Cl)cc2)c1. The first kappa shape index (κ1) is 23.1. The van der Waals surface area contributed by atoms with Crippen LogP contribution in [0.2, 0.25) is 10.0 Å². The highest BCUT2D eigenvalue weighted by atomic mass is 35.5. The molecule has 0 spiro atoms. The van der Waals surface area contributed by atoms with E-state index in [2.05, 4.69) is 15.5 Å². The molecule has 0 atom stereocenters. The van der Waals surface area contributed by atoms with Crippen LogP contribution in [0.4, 0.5) is 10.1 Å². The molecule has 0 fully saturated rings. The third kappa shape index (κ3) is 5.47. The third-order valence-corrected chi connectivity index (χ3v) is 6.05. The minimum atomic E-state index is -0.551. The first-order valence-electron chi connectivity index (χ1n) is 9.68. The van der Waals surface area contributed by atoms with E-state index in [9.17, 15) is 9.18 Å². The largest absolute Gasteiger partial charge is 0.497 e. The molecule has 10 heteroatoms. The summed E-state index contributed by atoms with van der Waals surface area (Å²) in [5.74, 6) is 0.481. The fourth-order valence-corrected chi connectivity index (χ4v) is 4.09. The van der Waals surface area contributed by atoms with Gasteiger partial charge in [-0.15, -0.1) is 10.2 Å². The Morgan fingerprint density at radius 2 is 1.88 bits per heavy atom. The fourth-order valence-electron chi connectivity index (χ4n) is 3.04. The Balaban J connectivity index is 1.60. The predicted molar refractivity (Wildman–Crippen MR) is 129 cm³/mol. The number of hydrogen-bond donors (Lipinski definition) is 1. The molecule has 6 nitrogen and oxygen atoms in total.